The summed E-state index contributed by atoms with van der Waals surface area (Å²) in [5, 5.41) is 11.6. The lowest BCUT2D eigenvalue weighted by atomic mass is 10.1. The van der Waals surface area contributed by atoms with Crippen molar-refractivity contribution in [3.8, 4) is 5.75 Å². The standard InChI is InChI=1S/C23H27N5O2/c1-24-23(28-14-13-26-22(29)20-8-4-11-25-17-20)27-12-5-15-30-21-10-9-18-6-2-3-7-19(18)16-21/h2-4,6-11,16-17H,5,12-15H2,1H3,(H,26,29)(H2,24,27,28). The van der Waals surface area contributed by atoms with Crippen molar-refractivity contribution < 1.29 is 9.53 Å². The van der Waals surface area contributed by atoms with Gasteiger partial charge in [0.15, 0.2) is 5.96 Å². The molecule has 0 spiro atoms. The van der Waals surface area contributed by atoms with Crippen molar-refractivity contribution in [2.24, 2.45) is 4.99 Å². The molecule has 0 saturated heterocycles. The summed E-state index contributed by atoms with van der Waals surface area (Å²) in [5.41, 5.74) is 0.548. The zero-order valence-corrected chi connectivity index (χ0v) is 17.1. The molecule has 156 valence electrons. The van der Waals surface area contributed by atoms with Crippen LogP contribution in [0.5, 0.6) is 5.75 Å². The molecule has 30 heavy (non-hydrogen) atoms. The highest BCUT2D eigenvalue weighted by Crippen LogP contribution is 2.20. The van der Waals surface area contributed by atoms with Crippen molar-refractivity contribution in [3.63, 3.8) is 0 Å². The van der Waals surface area contributed by atoms with Crippen LogP contribution in [0.1, 0.15) is 16.8 Å². The molecule has 1 heterocycles. The molecule has 0 fully saturated rings. The van der Waals surface area contributed by atoms with Crippen LogP contribution in [0.4, 0.5) is 0 Å². The molecular weight excluding hydrogens is 378 g/mol. The normalized spacial score (nSPS) is 11.2. The molecule has 0 radical (unpaired) electrons. The second-order valence-electron chi connectivity index (χ2n) is 6.63. The first-order valence-electron chi connectivity index (χ1n) is 10.0. The van der Waals surface area contributed by atoms with Crippen molar-refractivity contribution in [1.29, 1.82) is 0 Å². The third kappa shape index (κ3) is 6.48. The molecule has 2 aromatic carbocycles. The van der Waals surface area contributed by atoms with E-state index in [1.807, 2.05) is 18.2 Å². The van der Waals surface area contributed by atoms with E-state index >= 15 is 0 Å². The van der Waals surface area contributed by atoms with Crippen LogP contribution in [-0.4, -0.2) is 50.1 Å². The zero-order valence-electron chi connectivity index (χ0n) is 17.1. The largest absolute Gasteiger partial charge is 0.494 e. The molecule has 7 nitrogen and oxygen atoms in total. The number of guanidine groups is 1. The third-order valence-corrected chi connectivity index (χ3v) is 4.45. The number of rotatable bonds is 9. The molecule has 0 saturated carbocycles. The smallest absolute Gasteiger partial charge is 0.252 e. The fraction of sp³-hybridized carbons (Fsp3) is 0.261. The van der Waals surface area contributed by atoms with Crippen LogP contribution in [0, 0.1) is 0 Å². The van der Waals surface area contributed by atoms with Crippen LogP contribution >= 0.6 is 0 Å². The molecule has 7 heteroatoms. The first kappa shape index (κ1) is 21.1. The molecule has 0 atom stereocenters. The summed E-state index contributed by atoms with van der Waals surface area (Å²) >= 11 is 0. The minimum Gasteiger partial charge on any atom is -0.494 e. The van der Waals surface area contributed by atoms with E-state index in [1.165, 1.54) is 10.8 Å². The Balaban J connectivity index is 1.29. The monoisotopic (exact) mass is 405 g/mol. The summed E-state index contributed by atoms with van der Waals surface area (Å²) in [4.78, 5) is 20.1. The quantitative estimate of drug-likeness (QED) is 0.289. The Hall–Kier alpha value is -3.61. The second-order valence-corrected chi connectivity index (χ2v) is 6.63. The summed E-state index contributed by atoms with van der Waals surface area (Å²) in [7, 11) is 1.72. The average molecular weight is 406 g/mol. The lowest BCUT2D eigenvalue weighted by molar-refractivity contribution is 0.0954. The molecule has 1 aromatic heterocycles. The number of carbonyl (C=O) groups is 1. The van der Waals surface area contributed by atoms with E-state index in [1.54, 1.807) is 31.6 Å². The number of aliphatic imine (C=N–C) groups is 1. The van der Waals surface area contributed by atoms with Crippen LogP contribution in [0.15, 0.2) is 72.0 Å². The van der Waals surface area contributed by atoms with Crippen molar-refractivity contribution in [2.45, 2.75) is 6.42 Å². The summed E-state index contributed by atoms with van der Waals surface area (Å²) in [6, 6.07) is 17.8. The molecule has 3 rings (SSSR count). The number of pyridine rings is 1. The Morgan fingerprint density at radius 2 is 1.77 bits per heavy atom. The van der Waals surface area contributed by atoms with Crippen molar-refractivity contribution in [1.82, 2.24) is 20.9 Å². The zero-order chi connectivity index (χ0) is 21.0. The number of nitrogens with zero attached hydrogens (tertiary/aromatic N) is 2. The van der Waals surface area contributed by atoms with Gasteiger partial charge in [-0.05, 0) is 41.5 Å². The van der Waals surface area contributed by atoms with E-state index in [2.05, 4.69) is 50.2 Å². The van der Waals surface area contributed by atoms with E-state index in [-0.39, 0.29) is 5.91 Å². The maximum Gasteiger partial charge on any atom is 0.252 e. The van der Waals surface area contributed by atoms with Gasteiger partial charge in [0.25, 0.3) is 5.91 Å². The van der Waals surface area contributed by atoms with E-state index in [0.717, 1.165) is 18.7 Å². The number of ether oxygens (including phenoxy) is 1. The maximum atomic E-state index is 12.0. The van der Waals surface area contributed by atoms with Crippen LogP contribution in [0.3, 0.4) is 0 Å². The van der Waals surface area contributed by atoms with Crippen LogP contribution < -0.4 is 20.7 Å². The predicted molar refractivity (Wildman–Crippen MR) is 120 cm³/mol. The van der Waals surface area contributed by atoms with Gasteiger partial charge < -0.3 is 20.7 Å². The SMILES string of the molecule is CN=C(NCCCOc1ccc2ccccc2c1)NCCNC(=O)c1cccnc1. The fourth-order valence-electron chi connectivity index (χ4n) is 2.90. The van der Waals surface area contributed by atoms with Gasteiger partial charge in [0.1, 0.15) is 5.75 Å². The minimum atomic E-state index is -0.140. The summed E-state index contributed by atoms with van der Waals surface area (Å²) in [5.74, 6) is 1.43. The lowest BCUT2D eigenvalue weighted by Crippen LogP contribution is -2.42. The molecule has 0 unspecified atom stereocenters. The number of fused-ring (bicyclic) bond motifs is 1. The molecule has 3 aromatic rings. The van der Waals surface area contributed by atoms with Crippen molar-refractivity contribution in [2.75, 3.05) is 33.3 Å². The summed E-state index contributed by atoms with van der Waals surface area (Å²) < 4.78 is 5.84. The molecule has 0 aliphatic heterocycles. The highest BCUT2D eigenvalue weighted by Gasteiger charge is 2.04. The first-order valence-corrected chi connectivity index (χ1v) is 10.0. The van der Waals surface area contributed by atoms with Gasteiger partial charge in [-0.25, -0.2) is 0 Å². The number of benzene rings is 2. The van der Waals surface area contributed by atoms with Crippen LogP contribution in [-0.2, 0) is 0 Å². The van der Waals surface area contributed by atoms with Crippen molar-refractivity contribution >= 4 is 22.6 Å². The van der Waals surface area contributed by atoms with Gasteiger partial charge in [-0.3, -0.25) is 14.8 Å². The lowest BCUT2D eigenvalue weighted by Gasteiger charge is -2.13. The number of amides is 1. The van der Waals surface area contributed by atoms with E-state index in [4.69, 9.17) is 4.74 Å². The molecule has 1 amide bonds. The van der Waals surface area contributed by atoms with E-state index in [0.29, 0.717) is 31.2 Å². The fourth-order valence-corrected chi connectivity index (χ4v) is 2.90. The third-order valence-electron chi connectivity index (χ3n) is 4.45. The minimum absolute atomic E-state index is 0.140. The van der Waals surface area contributed by atoms with E-state index < -0.39 is 0 Å². The van der Waals surface area contributed by atoms with Crippen molar-refractivity contribution in [3.05, 3.63) is 72.6 Å². The molecule has 0 bridgehead atoms. The molecule has 0 aliphatic carbocycles. The van der Waals surface area contributed by atoms with Gasteiger partial charge in [-0.1, -0.05) is 30.3 Å². The highest BCUT2D eigenvalue weighted by atomic mass is 16.5. The molecular formula is C23H27N5O2. The first-order chi connectivity index (χ1) is 14.8. The highest BCUT2D eigenvalue weighted by molar-refractivity contribution is 5.93. The predicted octanol–water partition coefficient (Wildman–Crippen LogP) is 2.60. The Morgan fingerprint density at radius 1 is 0.967 bits per heavy atom. The van der Waals surface area contributed by atoms with E-state index in [9.17, 15) is 4.79 Å². The number of aromatic nitrogens is 1. The Morgan fingerprint density at radius 3 is 2.57 bits per heavy atom. The van der Waals surface area contributed by atoms with Gasteiger partial charge in [0.2, 0.25) is 0 Å². The second kappa shape index (κ2) is 11.4. The number of hydrogen-bond donors (Lipinski definition) is 3. The van der Waals surface area contributed by atoms with Gasteiger partial charge in [-0.2, -0.15) is 0 Å². The van der Waals surface area contributed by atoms with Gasteiger partial charge in [-0.15, -0.1) is 0 Å². The summed E-state index contributed by atoms with van der Waals surface area (Å²) in [6.45, 7) is 2.40. The Kier molecular flexibility index (Phi) is 8.02. The number of carbonyl (C=O) groups excluding carboxylic acids is 1. The average Bonchev–Trinajstić information content (AvgIpc) is 2.80. The Labute approximate surface area is 176 Å². The Bertz CT molecular complexity index is 976. The number of hydrogen-bond acceptors (Lipinski definition) is 4. The molecule has 0 aliphatic rings. The summed E-state index contributed by atoms with van der Waals surface area (Å²) in [6.07, 6.45) is 4.02. The van der Waals surface area contributed by atoms with Crippen LogP contribution in [0.2, 0.25) is 0 Å². The van der Waals surface area contributed by atoms with Gasteiger partial charge in [0.05, 0.1) is 12.2 Å². The molecule has 3 N–H and O–H groups in total. The van der Waals surface area contributed by atoms with Crippen LogP contribution in [0.25, 0.3) is 10.8 Å². The number of nitrogens with one attached hydrogen (secondary N) is 3. The van der Waals surface area contributed by atoms with Gasteiger partial charge >= 0.3 is 0 Å². The maximum absolute atomic E-state index is 12.0. The topological polar surface area (TPSA) is 87.6 Å². The van der Waals surface area contributed by atoms with Gasteiger partial charge in [0, 0.05) is 39.1 Å².